The molecule has 0 unspecified atom stereocenters. The largest absolute Gasteiger partial charge is 0.507 e. The molecule has 0 saturated carbocycles. The van der Waals surface area contributed by atoms with Crippen LogP contribution in [0.1, 0.15) is 97.7 Å². The maximum absolute atomic E-state index is 12.9. The van der Waals surface area contributed by atoms with Gasteiger partial charge in [0.05, 0.1) is 28.9 Å². The molecule has 0 saturated heterocycles. The molecule has 67 heavy (non-hydrogen) atoms. The number of benzene rings is 3. The summed E-state index contributed by atoms with van der Waals surface area (Å²) < 4.78 is 22.4. The minimum Gasteiger partial charge on any atom is -0.507 e. The topological polar surface area (TPSA) is 244 Å². The van der Waals surface area contributed by atoms with Gasteiger partial charge in [0.1, 0.15) is 70.9 Å². The van der Waals surface area contributed by atoms with Gasteiger partial charge in [-0.2, -0.15) is 0 Å². The van der Waals surface area contributed by atoms with Crippen LogP contribution in [0, 0.1) is 11.8 Å². The standard InChI is InChI=1S/C26H26Cl2O7.C24H30O8/c1-14-6-9-22(30)25(32)21(29)5-3-4-17-11-18(12-23(31)24(17)26(33)35-15(14)2)34-13-16-7-8-19(27)20(28)10-16;1-14-9-10-20(27)23(29)19(26)8-4-7-17-12-18(31-11-5-6-15(2)25)13-21(28)22(17)24(30)32-16(14)3/h3-4,6-12,14-15,21,25,29,31-32H,5,13H2,1-2H3;4,7,9-10,12-14,16,19,23,26,28-29H,5-6,8,11H2,1-3H3/b4-3+,9-6-;7-4+,10-9-/t14-,15+,21+,25+;14-,16+,19+,23+/m11/s1. The number of aromatic hydroxyl groups is 2. The van der Waals surface area contributed by atoms with Crippen LogP contribution in [0.15, 0.2) is 78.9 Å². The molecule has 0 radical (unpaired) electrons. The van der Waals surface area contributed by atoms with Crippen LogP contribution in [-0.4, -0.2) is 103 Å². The Morgan fingerprint density at radius 3 is 1.57 bits per heavy atom. The number of Topliss-reactive ketones (excluding diaryl/α,β-unsaturated/α-hetero) is 1. The molecule has 0 aromatic heterocycles. The summed E-state index contributed by atoms with van der Waals surface area (Å²) in [5, 5.41) is 62.4. The third-order valence-corrected chi connectivity index (χ3v) is 11.6. The van der Waals surface area contributed by atoms with Crippen molar-refractivity contribution < 1.29 is 73.6 Å². The lowest BCUT2D eigenvalue weighted by Crippen LogP contribution is -2.32. The summed E-state index contributed by atoms with van der Waals surface area (Å²) in [6.07, 6.45) is 4.85. The van der Waals surface area contributed by atoms with Gasteiger partial charge in [0.15, 0.2) is 11.6 Å². The molecular weight excluding hydrogens is 911 g/mol. The molecule has 0 bridgehead atoms. The quantitative estimate of drug-likeness (QED) is 0.0958. The summed E-state index contributed by atoms with van der Waals surface area (Å²) in [6.45, 7) is 8.62. The van der Waals surface area contributed by atoms with Gasteiger partial charge in [-0.15, -0.1) is 0 Å². The average molecular weight is 968 g/mol. The zero-order valence-corrected chi connectivity index (χ0v) is 39.1. The van der Waals surface area contributed by atoms with E-state index in [1.807, 2.05) is 0 Å². The highest BCUT2D eigenvalue weighted by molar-refractivity contribution is 6.42. The first-order valence-electron chi connectivity index (χ1n) is 21.5. The van der Waals surface area contributed by atoms with E-state index in [1.54, 1.807) is 45.9 Å². The fraction of sp³-hybridized carbons (Fsp3) is 0.380. The zero-order valence-electron chi connectivity index (χ0n) is 37.6. The Morgan fingerprint density at radius 2 is 1.12 bits per heavy atom. The fourth-order valence-corrected chi connectivity index (χ4v) is 6.73. The van der Waals surface area contributed by atoms with Crippen molar-refractivity contribution in [1.82, 2.24) is 0 Å². The summed E-state index contributed by atoms with van der Waals surface area (Å²) in [6, 6.07) is 10.7. The molecule has 6 N–H and O–H groups in total. The molecular formula is C50H56Cl2O15. The van der Waals surface area contributed by atoms with Gasteiger partial charge in [-0.25, -0.2) is 9.59 Å². The first-order chi connectivity index (χ1) is 31.7. The van der Waals surface area contributed by atoms with Crippen molar-refractivity contribution in [3.8, 4) is 23.0 Å². The maximum atomic E-state index is 12.9. The number of ketones is 3. The molecule has 0 spiro atoms. The van der Waals surface area contributed by atoms with Gasteiger partial charge in [0.2, 0.25) is 0 Å². The van der Waals surface area contributed by atoms with Gasteiger partial charge in [0.25, 0.3) is 0 Å². The number of hydrogen-bond acceptors (Lipinski definition) is 15. The highest BCUT2D eigenvalue weighted by atomic mass is 35.5. The third-order valence-electron chi connectivity index (χ3n) is 10.8. The number of ether oxygens (including phenoxy) is 4. The normalized spacial score (nSPS) is 25.8. The van der Waals surface area contributed by atoms with E-state index in [-0.39, 0.29) is 83.2 Å². The Morgan fingerprint density at radius 1 is 0.657 bits per heavy atom. The minimum atomic E-state index is -1.60. The summed E-state index contributed by atoms with van der Waals surface area (Å²) >= 11 is 12.0. The summed E-state index contributed by atoms with van der Waals surface area (Å²) in [5.41, 5.74) is 1.17. The zero-order chi connectivity index (χ0) is 49.5. The Balaban J connectivity index is 0.000000294. The van der Waals surface area contributed by atoms with Crippen molar-refractivity contribution in [2.45, 2.75) is 104 Å². The van der Waals surface area contributed by atoms with Gasteiger partial charge in [-0.05, 0) is 93.1 Å². The molecule has 2 aliphatic rings. The second kappa shape index (κ2) is 25.4. The molecule has 360 valence electrons. The predicted molar refractivity (Wildman–Crippen MR) is 250 cm³/mol. The van der Waals surface area contributed by atoms with Crippen LogP contribution >= 0.6 is 23.2 Å². The van der Waals surface area contributed by atoms with Crippen molar-refractivity contribution in [2.75, 3.05) is 6.61 Å². The lowest BCUT2D eigenvalue weighted by Gasteiger charge is -2.20. The number of aliphatic hydroxyl groups excluding tert-OH is 4. The van der Waals surface area contributed by atoms with E-state index < -0.39 is 60.1 Å². The van der Waals surface area contributed by atoms with Crippen molar-refractivity contribution in [3.63, 3.8) is 0 Å². The van der Waals surface area contributed by atoms with E-state index in [0.717, 1.165) is 5.56 Å². The number of hydrogen-bond donors (Lipinski definition) is 6. The number of phenolic OH excluding ortho intramolecular Hbond substituents is 2. The van der Waals surface area contributed by atoms with Crippen LogP contribution in [0.5, 0.6) is 23.0 Å². The summed E-state index contributed by atoms with van der Waals surface area (Å²) in [5.74, 6) is -3.60. The lowest BCUT2D eigenvalue weighted by molar-refractivity contribution is -0.128. The van der Waals surface area contributed by atoms with Crippen molar-refractivity contribution in [1.29, 1.82) is 0 Å². The number of carbonyl (C=O) groups excluding carboxylic acids is 5. The second-order valence-corrected chi connectivity index (χ2v) is 17.1. The van der Waals surface area contributed by atoms with E-state index in [0.29, 0.717) is 28.6 Å². The number of aliphatic hydroxyl groups is 4. The number of phenols is 2. The minimum absolute atomic E-state index is 0.0451. The molecule has 2 aliphatic heterocycles. The first kappa shape index (κ1) is 53.8. The third kappa shape index (κ3) is 15.9. The highest BCUT2D eigenvalue weighted by Crippen LogP contribution is 2.33. The maximum Gasteiger partial charge on any atom is 0.342 e. The molecule has 17 heteroatoms. The van der Waals surface area contributed by atoms with E-state index >= 15 is 0 Å². The molecule has 8 atom stereocenters. The van der Waals surface area contributed by atoms with Gasteiger partial charge in [-0.3, -0.25) is 9.59 Å². The van der Waals surface area contributed by atoms with Crippen LogP contribution in [-0.2, 0) is 30.5 Å². The van der Waals surface area contributed by atoms with E-state index in [9.17, 15) is 54.6 Å². The fourth-order valence-electron chi connectivity index (χ4n) is 6.40. The van der Waals surface area contributed by atoms with Crippen LogP contribution in [0.25, 0.3) is 12.2 Å². The van der Waals surface area contributed by atoms with Crippen molar-refractivity contribution in [3.05, 3.63) is 117 Å². The SMILES string of the molecule is CC(=O)CCCOc1cc(O)c2c(c1)/C=C/C[C@H](O)[C@H](O)C(=O)/C=C\[C@@H](C)[C@H](C)OC2=O.C[C@@H]1/C=C\C(=O)[C@@H](O)[C@@H](O)C/C=C/c2cc(OCc3ccc(Cl)c(Cl)c3)cc(O)c2C(=O)O[C@H]1C. The number of carbonyl (C=O) groups is 5. The highest BCUT2D eigenvalue weighted by Gasteiger charge is 2.27. The van der Waals surface area contributed by atoms with E-state index in [4.69, 9.17) is 42.1 Å². The molecule has 3 aromatic rings. The molecule has 0 fully saturated rings. The monoisotopic (exact) mass is 966 g/mol. The Labute approximate surface area is 398 Å². The van der Waals surface area contributed by atoms with Gasteiger partial charge >= 0.3 is 11.9 Å². The molecule has 0 aliphatic carbocycles. The molecule has 15 nitrogen and oxygen atoms in total. The van der Waals surface area contributed by atoms with Crippen molar-refractivity contribution in [2.24, 2.45) is 11.8 Å². The van der Waals surface area contributed by atoms with Crippen LogP contribution in [0.2, 0.25) is 10.0 Å². The van der Waals surface area contributed by atoms with Crippen LogP contribution < -0.4 is 9.47 Å². The van der Waals surface area contributed by atoms with Crippen LogP contribution in [0.3, 0.4) is 0 Å². The molecule has 3 aromatic carbocycles. The number of cyclic esters (lactones) is 2. The van der Waals surface area contributed by atoms with E-state index in [1.165, 1.54) is 79.8 Å². The van der Waals surface area contributed by atoms with Crippen LogP contribution in [0.4, 0.5) is 0 Å². The number of esters is 2. The summed E-state index contributed by atoms with van der Waals surface area (Å²) in [4.78, 5) is 61.0. The Hall–Kier alpha value is -5.81. The average Bonchev–Trinajstić information content (AvgIpc) is 3.27. The molecule has 0 amide bonds. The second-order valence-electron chi connectivity index (χ2n) is 16.3. The number of fused-ring (bicyclic) bond motifs is 2. The number of rotatable bonds is 8. The van der Waals surface area contributed by atoms with Gasteiger partial charge < -0.3 is 54.4 Å². The molecule has 2 heterocycles. The van der Waals surface area contributed by atoms with E-state index in [2.05, 4.69) is 0 Å². The van der Waals surface area contributed by atoms with Gasteiger partial charge in [-0.1, -0.05) is 79.6 Å². The smallest absolute Gasteiger partial charge is 0.342 e. The lowest BCUT2D eigenvalue weighted by atomic mass is 9.99. The number of halogens is 2. The van der Waals surface area contributed by atoms with Crippen molar-refractivity contribution >= 4 is 64.6 Å². The predicted octanol–water partition coefficient (Wildman–Crippen LogP) is 7.31. The Kier molecular flexibility index (Phi) is 20.4. The van der Waals surface area contributed by atoms with Gasteiger partial charge in [0, 0.05) is 30.4 Å². The summed E-state index contributed by atoms with van der Waals surface area (Å²) in [7, 11) is 0. The Bertz CT molecular complexity index is 2390. The first-order valence-corrected chi connectivity index (χ1v) is 22.3. The molecule has 5 rings (SSSR count).